The average Bonchev–Trinajstić information content (AvgIpc) is 3.36. The van der Waals surface area contributed by atoms with Crippen molar-refractivity contribution in [1.29, 1.82) is 0 Å². The van der Waals surface area contributed by atoms with E-state index in [2.05, 4.69) is 18.9 Å². The van der Waals surface area contributed by atoms with Crippen molar-refractivity contribution in [2.75, 3.05) is 0 Å². The Balaban J connectivity index is 1.42. The molecule has 0 heterocycles. The Labute approximate surface area is 156 Å². The molecular formula is C23H30O3. The second-order valence-corrected chi connectivity index (χ2v) is 9.84. The number of fused-ring (bicyclic) bond motifs is 7. The highest BCUT2D eigenvalue weighted by Crippen LogP contribution is 2.75. The lowest BCUT2D eigenvalue weighted by molar-refractivity contribution is -0.145. The molecule has 4 saturated carbocycles. The zero-order valence-electron chi connectivity index (χ0n) is 15.9. The highest BCUT2D eigenvalue weighted by molar-refractivity contribution is 5.66. The van der Waals surface area contributed by atoms with Gasteiger partial charge in [0.15, 0.2) is 0 Å². The first kappa shape index (κ1) is 16.9. The summed E-state index contributed by atoms with van der Waals surface area (Å²) in [7, 11) is 0. The molecule has 5 rings (SSSR count). The van der Waals surface area contributed by atoms with Gasteiger partial charge >= 0.3 is 5.97 Å². The highest BCUT2D eigenvalue weighted by Gasteiger charge is 2.75. The second-order valence-electron chi connectivity index (χ2n) is 9.84. The Morgan fingerprint density at radius 1 is 1.27 bits per heavy atom. The van der Waals surface area contributed by atoms with Gasteiger partial charge in [-0.15, -0.1) is 6.42 Å². The van der Waals surface area contributed by atoms with E-state index in [1.807, 2.05) is 0 Å². The molecule has 0 saturated heterocycles. The van der Waals surface area contributed by atoms with Crippen LogP contribution >= 0.6 is 0 Å². The monoisotopic (exact) mass is 354 g/mol. The number of hydrogen-bond donors (Lipinski definition) is 1. The van der Waals surface area contributed by atoms with E-state index < -0.39 is 5.60 Å². The molecule has 4 fully saturated rings. The lowest BCUT2D eigenvalue weighted by Crippen LogP contribution is -2.54. The Kier molecular flexibility index (Phi) is 3.49. The third-order valence-electron chi connectivity index (χ3n) is 8.91. The summed E-state index contributed by atoms with van der Waals surface area (Å²) < 4.78 is 5.46. The normalized spacial score (nSPS) is 53.9. The first-order valence-corrected chi connectivity index (χ1v) is 10.5. The smallest absolute Gasteiger partial charge is 0.303 e. The average molecular weight is 354 g/mol. The van der Waals surface area contributed by atoms with Crippen LogP contribution < -0.4 is 0 Å². The molecule has 0 unspecified atom stereocenters. The van der Waals surface area contributed by atoms with Gasteiger partial charge in [-0.05, 0) is 80.6 Å². The number of terminal acetylenes is 1. The molecule has 26 heavy (non-hydrogen) atoms. The van der Waals surface area contributed by atoms with Crippen molar-refractivity contribution in [3.05, 3.63) is 11.6 Å². The second kappa shape index (κ2) is 5.38. The molecule has 0 aliphatic heterocycles. The van der Waals surface area contributed by atoms with Crippen molar-refractivity contribution in [2.24, 2.45) is 40.9 Å². The predicted octanol–water partition coefficient (Wildman–Crippen LogP) is 3.71. The summed E-state index contributed by atoms with van der Waals surface area (Å²) in [5, 5.41) is 11.3. The van der Waals surface area contributed by atoms with Crippen LogP contribution in [0.3, 0.4) is 0 Å². The highest BCUT2D eigenvalue weighted by atomic mass is 16.5. The molecule has 5 aliphatic carbocycles. The largest absolute Gasteiger partial charge is 0.458 e. The summed E-state index contributed by atoms with van der Waals surface area (Å²) in [5.74, 6) is 6.35. The molecule has 140 valence electrons. The molecule has 0 aromatic rings. The van der Waals surface area contributed by atoms with Gasteiger partial charge in [0.2, 0.25) is 0 Å². The fourth-order valence-corrected chi connectivity index (χ4v) is 7.87. The quantitative estimate of drug-likeness (QED) is 0.444. The first-order chi connectivity index (χ1) is 12.4. The molecular weight excluding hydrogens is 324 g/mol. The maximum atomic E-state index is 11.3. The van der Waals surface area contributed by atoms with Gasteiger partial charge in [-0.2, -0.15) is 0 Å². The molecule has 0 amide bonds. The van der Waals surface area contributed by atoms with E-state index >= 15 is 0 Å². The molecule has 1 N–H and O–H groups in total. The third kappa shape index (κ3) is 2.03. The first-order valence-electron chi connectivity index (χ1n) is 10.5. The number of carbonyl (C=O) groups is 1. The van der Waals surface area contributed by atoms with E-state index in [0.717, 1.165) is 38.0 Å². The predicted molar refractivity (Wildman–Crippen MR) is 98.8 cm³/mol. The molecule has 0 spiro atoms. The minimum Gasteiger partial charge on any atom is -0.458 e. The number of aliphatic hydroxyl groups is 1. The number of carbonyl (C=O) groups excluding carboxylic acids is 1. The summed E-state index contributed by atoms with van der Waals surface area (Å²) >= 11 is 0. The van der Waals surface area contributed by atoms with E-state index in [-0.39, 0.29) is 17.5 Å². The zero-order chi connectivity index (χ0) is 18.3. The van der Waals surface area contributed by atoms with E-state index in [4.69, 9.17) is 11.2 Å². The zero-order valence-corrected chi connectivity index (χ0v) is 15.9. The Hall–Kier alpha value is -1.27. The molecule has 0 bridgehead atoms. The van der Waals surface area contributed by atoms with Crippen LogP contribution in [0.2, 0.25) is 0 Å². The van der Waals surface area contributed by atoms with Gasteiger partial charge in [0, 0.05) is 18.3 Å². The number of ether oxygens (including phenoxy) is 1. The standard InChI is InChI=1S/C23H30O3/c1-4-23(25)20-12-19(20)21-18-7-5-14-11-15(26-13(2)24)6-8-16(14)17(18)9-10-22(21,23)3/h1,11,15-21,25H,5-10,12H2,2-3H3/t15-,16-,17+,18+,19-,20+,21+,22-,23-/m0/s1. The van der Waals surface area contributed by atoms with Crippen molar-refractivity contribution in [3.8, 4) is 12.3 Å². The summed E-state index contributed by atoms with van der Waals surface area (Å²) in [6.07, 6.45) is 15.9. The maximum absolute atomic E-state index is 11.3. The van der Waals surface area contributed by atoms with Gasteiger partial charge in [0.1, 0.15) is 11.7 Å². The summed E-state index contributed by atoms with van der Waals surface area (Å²) in [5.41, 5.74) is 0.563. The van der Waals surface area contributed by atoms with Gasteiger partial charge in [-0.25, -0.2) is 0 Å². The van der Waals surface area contributed by atoms with E-state index in [1.165, 1.54) is 25.3 Å². The fourth-order valence-electron chi connectivity index (χ4n) is 7.87. The Bertz CT molecular complexity index is 717. The van der Waals surface area contributed by atoms with Crippen molar-refractivity contribution in [1.82, 2.24) is 0 Å². The number of hydrogen-bond acceptors (Lipinski definition) is 3. The van der Waals surface area contributed by atoms with Crippen molar-refractivity contribution in [2.45, 2.75) is 70.5 Å². The number of rotatable bonds is 1. The minimum atomic E-state index is -0.879. The number of esters is 1. The van der Waals surface area contributed by atoms with Gasteiger partial charge in [0.25, 0.3) is 0 Å². The molecule has 0 aromatic heterocycles. The van der Waals surface area contributed by atoms with Crippen LogP contribution in [-0.2, 0) is 9.53 Å². The third-order valence-corrected chi connectivity index (χ3v) is 8.91. The van der Waals surface area contributed by atoms with E-state index in [0.29, 0.717) is 29.6 Å². The van der Waals surface area contributed by atoms with Gasteiger partial charge in [-0.3, -0.25) is 4.79 Å². The van der Waals surface area contributed by atoms with Crippen LogP contribution in [0.5, 0.6) is 0 Å². The Morgan fingerprint density at radius 2 is 2.08 bits per heavy atom. The SMILES string of the molecule is C#C[C@]1(O)[C@@H]2C[C@@H]2[C@H]2[C@@H]3CCC4=C[C@@H](OC(C)=O)CC[C@@H]4[C@H]3CC[C@@]21C. The lowest BCUT2D eigenvalue weighted by atomic mass is 9.49. The van der Waals surface area contributed by atoms with Crippen LogP contribution in [0.4, 0.5) is 0 Å². The fraction of sp³-hybridized carbons (Fsp3) is 0.783. The minimum absolute atomic E-state index is 0.0185. The van der Waals surface area contributed by atoms with Gasteiger partial charge in [-0.1, -0.05) is 18.4 Å². The lowest BCUT2D eigenvalue weighted by Gasteiger charge is -2.56. The summed E-state index contributed by atoms with van der Waals surface area (Å²) in [6.45, 7) is 3.78. The van der Waals surface area contributed by atoms with Gasteiger partial charge in [0.05, 0.1) is 0 Å². The molecule has 9 atom stereocenters. The van der Waals surface area contributed by atoms with Crippen LogP contribution in [0.15, 0.2) is 11.6 Å². The van der Waals surface area contributed by atoms with Crippen molar-refractivity contribution < 1.29 is 14.6 Å². The molecule has 0 radical (unpaired) electrons. The van der Waals surface area contributed by atoms with Gasteiger partial charge < -0.3 is 9.84 Å². The van der Waals surface area contributed by atoms with Crippen LogP contribution in [0, 0.1) is 53.3 Å². The molecule has 3 nitrogen and oxygen atoms in total. The van der Waals surface area contributed by atoms with Crippen molar-refractivity contribution in [3.63, 3.8) is 0 Å². The van der Waals surface area contributed by atoms with Crippen LogP contribution in [0.1, 0.15) is 58.8 Å². The van der Waals surface area contributed by atoms with Crippen LogP contribution in [0.25, 0.3) is 0 Å². The maximum Gasteiger partial charge on any atom is 0.303 e. The van der Waals surface area contributed by atoms with Crippen LogP contribution in [-0.4, -0.2) is 22.8 Å². The number of allylic oxidation sites excluding steroid dienone is 1. The van der Waals surface area contributed by atoms with Crippen molar-refractivity contribution >= 4 is 5.97 Å². The van der Waals surface area contributed by atoms with E-state index in [1.54, 1.807) is 0 Å². The molecule has 3 heteroatoms. The molecule has 5 aliphatic rings. The van der Waals surface area contributed by atoms with E-state index in [9.17, 15) is 9.90 Å². The topological polar surface area (TPSA) is 46.5 Å². The summed E-state index contributed by atoms with van der Waals surface area (Å²) in [4.78, 5) is 11.3. The Morgan fingerprint density at radius 3 is 2.81 bits per heavy atom. The summed E-state index contributed by atoms with van der Waals surface area (Å²) in [6, 6.07) is 0. The molecule has 0 aromatic carbocycles.